The van der Waals surface area contributed by atoms with Crippen LogP contribution in [-0.4, -0.2) is 102 Å². The van der Waals surface area contributed by atoms with Crippen LogP contribution >= 0.6 is 21.6 Å². The molecule has 0 bridgehead atoms. The Morgan fingerprint density at radius 1 is 0.591 bits per heavy atom. The minimum atomic E-state index is -0.637. The van der Waals surface area contributed by atoms with Gasteiger partial charge in [-0.15, -0.1) is 0 Å². The molecule has 2 N–H and O–H groups in total. The van der Waals surface area contributed by atoms with Crippen LogP contribution in [0.3, 0.4) is 0 Å². The van der Waals surface area contributed by atoms with Crippen molar-refractivity contribution in [3.05, 3.63) is 155 Å². The zero-order valence-corrected chi connectivity index (χ0v) is 41.2. The molecular weight excluding hydrogens is 861 g/mol. The molecule has 12 heteroatoms. The van der Waals surface area contributed by atoms with Gasteiger partial charge in [-0.3, -0.25) is 9.59 Å². The zero-order chi connectivity index (χ0) is 46.7. The second kappa shape index (κ2) is 19.4. The fraction of sp³-hybridized carbons (Fsp3) is 0.370. The zero-order valence-electron chi connectivity index (χ0n) is 39.6. The van der Waals surface area contributed by atoms with Gasteiger partial charge >= 0.3 is 0 Å². The first-order valence-electron chi connectivity index (χ1n) is 22.9. The Bertz CT molecular complexity index is 2360. The molecule has 10 nitrogen and oxygen atoms in total. The molecule has 4 aliphatic heterocycles. The molecule has 0 saturated carbocycles. The minimum Gasteiger partial charge on any atom is -0.378 e. The molecule has 4 aromatic rings. The van der Waals surface area contributed by atoms with Crippen LogP contribution in [0.5, 0.6) is 0 Å². The highest BCUT2D eigenvalue weighted by atomic mass is 33.1. The van der Waals surface area contributed by atoms with Gasteiger partial charge in [-0.1, -0.05) is 110 Å². The SMILES string of the molecule is CN(C)c1ccc(/C=C/C=C/C23OCCN2c2ccc(C(=O)NCCSSCCNC(=O)c4ccc5c(c4)C(C)(C)C4(/C=C/C=C/c6ccc(N(C)C)cc6)OCCN54)cc2C3(C)C)cc1. The number of carbonyl (C=O) groups excluding carboxylic acids is 2. The second-order valence-electron chi connectivity index (χ2n) is 18.7. The third kappa shape index (κ3) is 8.92. The maximum atomic E-state index is 13.4. The Hall–Kier alpha value is -5.40. The van der Waals surface area contributed by atoms with E-state index in [4.69, 9.17) is 9.47 Å². The lowest BCUT2D eigenvalue weighted by Crippen LogP contribution is -2.51. The first-order valence-corrected chi connectivity index (χ1v) is 25.4. The van der Waals surface area contributed by atoms with Crippen LogP contribution in [0.2, 0.25) is 0 Å². The van der Waals surface area contributed by atoms with Crippen LogP contribution in [0.4, 0.5) is 22.7 Å². The average Bonchev–Trinajstić information content (AvgIpc) is 4.03. The molecule has 2 atom stereocenters. The van der Waals surface area contributed by atoms with E-state index < -0.39 is 22.3 Å². The number of benzene rings is 4. The third-order valence-electron chi connectivity index (χ3n) is 13.6. The van der Waals surface area contributed by atoms with Crippen LogP contribution in [0.25, 0.3) is 12.2 Å². The van der Waals surface area contributed by atoms with Crippen molar-refractivity contribution in [2.75, 3.05) is 98.7 Å². The number of ether oxygens (including phenoxy) is 2. The predicted molar refractivity (Wildman–Crippen MR) is 278 cm³/mol. The van der Waals surface area contributed by atoms with E-state index in [2.05, 4.69) is 167 Å². The van der Waals surface area contributed by atoms with Gasteiger partial charge in [0, 0.05) is 111 Å². The Kier molecular flexibility index (Phi) is 13.9. The van der Waals surface area contributed by atoms with Crippen molar-refractivity contribution in [1.29, 1.82) is 0 Å². The lowest BCUT2D eigenvalue weighted by molar-refractivity contribution is -0.000360. The van der Waals surface area contributed by atoms with Crippen LogP contribution < -0.4 is 30.2 Å². The number of nitrogens with one attached hydrogen (secondary N) is 2. The number of anilines is 4. The van der Waals surface area contributed by atoms with Crippen molar-refractivity contribution >= 4 is 68.3 Å². The molecule has 4 aromatic carbocycles. The molecule has 0 aromatic heterocycles. The molecule has 2 unspecified atom stereocenters. The predicted octanol–water partition coefficient (Wildman–Crippen LogP) is 9.55. The highest BCUT2D eigenvalue weighted by Gasteiger charge is 2.60. The van der Waals surface area contributed by atoms with Gasteiger partial charge in [-0.05, 0) is 95.1 Å². The Morgan fingerprint density at radius 2 is 0.985 bits per heavy atom. The van der Waals surface area contributed by atoms with Gasteiger partial charge < -0.3 is 39.7 Å². The van der Waals surface area contributed by atoms with Gasteiger partial charge in [0.25, 0.3) is 11.8 Å². The Balaban J connectivity index is 0.785. The summed E-state index contributed by atoms with van der Waals surface area (Å²) >= 11 is 0. The minimum absolute atomic E-state index is 0.0856. The first-order chi connectivity index (χ1) is 31.7. The Labute approximate surface area is 399 Å². The topological polar surface area (TPSA) is 89.6 Å². The smallest absolute Gasteiger partial charge is 0.251 e. The quantitative estimate of drug-likeness (QED) is 0.0607. The van der Waals surface area contributed by atoms with Gasteiger partial charge in [-0.25, -0.2) is 0 Å². The molecule has 0 spiro atoms. The van der Waals surface area contributed by atoms with Crippen molar-refractivity contribution in [1.82, 2.24) is 10.6 Å². The van der Waals surface area contributed by atoms with E-state index in [1.54, 1.807) is 21.6 Å². The number of amides is 2. The van der Waals surface area contributed by atoms with Gasteiger partial charge in [0.2, 0.25) is 0 Å². The maximum Gasteiger partial charge on any atom is 0.251 e. The normalized spacial score (nSPS) is 21.2. The molecule has 4 aliphatic rings. The summed E-state index contributed by atoms with van der Waals surface area (Å²) in [4.78, 5) is 35.6. The second-order valence-corrected chi connectivity index (χ2v) is 21.4. The number of hydrogen-bond acceptors (Lipinski definition) is 10. The summed E-state index contributed by atoms with van der Waals surface area (Å²) in [6.07, 6.45) is 16.8. The number of fused-ring (bicyclic) bond motifs is 6. The summed E-state index contributed by atoms with van der Waals surface area (Å²) in [5.74, 6) is 1.32. The lowest BCUT2D eigenvalue weighted by atomic mass is 9.77. The van der Waals surface area contributed by atoms with E-state index in [9.17, 15) is 9.59 Å². The maximum absolute atomic E-state index is 13.4. The molecule has 2 fully saturated rings. The highest BCUT2D eigenvalue weighted by molar-refractivity contribution is 8.76. The number of allylic oxidation sites excluding steroid dienone is 4. The van der Waals surface area contributed by atoms with E-state index in [-0.39, 0.29) is 11.8 Å². The summed E-state index contributed by atoms with van der Waals surface area (Å²) < 4.78 is 13.1. The van der Waals surface area contributed by atoms with Crippen molar-refractivity contribution < 1.29 is 19.1 Å². The molecule has 346 valence electrons. The fourth-order valence-corrected chi connectivity index (χ4v) is 11.6. The number of hydrogen-bond donors (Lipinski definition) is 2. The van der Waals surface area contributed by atoms with Crippen molar-refractivity contribution in [2.24, 2.45) is 0 Å². The van der Waals surface area contributed by atoms with Crippen LogP contribution in [-0.2, 0) is 20.3 Å². The van der Waals surface area contributed by atoms with Gasteiger partial charge in [0.05, 0.1) is 13.2 Å². The van der Waals surface area contributed by atoms with Crippen molar-refractivity contribution in [3.8, 4) is 0 Å². The molecule has 0 aliphatic carbocycles. The summed E-state index contributed by atoms with van der Waals surface area (Å²) in [5, 5.41) is 6.22. The van der Waals surface area contributed by atoms with Crippen molar-refractivity contribution in [3.63, 3.8) is 0 Å². The molecule has 0 radical (unpaired) electrons. The highest BCUT2D eigenvalue weighted by Crippen LogP contribution is 2.56. The summed E-state index contributed by atoms with van der Waals surface area (Å²) in [6, 6.07) is 29.0. The van der Waals surface area contributed by atoms with Crippen LogP contribution in [0, 0.1) is 0 Å². The summed E-state index contributed by atoms with van der Waals surface area (Å²) in [5.41, 5.74) is 8.28. The molecule has 2 amide bonds. The largest absolute Gasteiger partial charge is 0.378 e. The van der Waals surface area contributed by atoms with Crippen LogP contribution in [0.1, 0.15) is 70.7 Å². The van der Waals surface area contributed by atoms with Gasteiger partial charge in [0.15, 0.2) is 11.4 Å². The number of nitrogens with zero attached hydrogens (tertiary/aromatic N) is 4. The summed E-state index contributed by atoms with van der Waals surface area (Å²) in [6.45, 7) is 12.7. The number of rotatable bonds is 17. The van der Waals surface area contributed by atoms with Crippen LogP contribution in [0.15, 0.2) is 121 Å². The van der Waals surface area contributed by atoms with E-state index in [0.717, 1.165) is 58.2 Å². The first kappa shape index (κ1) is 47.1. The molecular formula is C54H64N6O4S2. The monoisotopic (exact) mass is 924 g/mol. The molecule has 8 rings (SSSR count). The summed E-state index contributed by atoms with van der Waals surface area (Å²) in [7, 11) is 11.5. The molecule has 4 heterocycles. The van der Waals surface area contributed by atoms with Gasteiger partial charge in [-0.2, -0.15) is 0 Å². The molecule has 2 saturated heterocycles. The van der Waals surface area contributed by atoms with E-state index in [1.165, 1.54) is 11.4 Å². The standard InChI is InChI=1S/C54H64N6O4S2/c1-51(2)45-37-41(19-25-47(45)59-31-33-63-53(51,59)27-11-9-13-39-15-21-43(22-16-39)57(5)6)49(61)55-29-35-65-66-36-30-56-50(62)42-20-26-48-46(38-42)52(3,4)54(60(48)32-34-64-54)28-12-10-14-40-17-23-44(24-18-40)58(7)8/h9-28,37-38H,29-36H2,1-8H3,(H,55,61)(H,56,62)/b13-9+,14-10+,27-11+,28-12+. The van der Waals surface area contributed by atoms with E-state index >= 15 is 0 Å². The van der Waals surface area contributed by atoms with E-state index in [0.29, 0.717) is 37.4 Å². The number of carbonyl (C=O) groups is 2. The van der Waals surface area contributed by atoms with E-state index in [1.807, 2.05) is 52.5 Å². The average molecular weight is 925 g/mol. The lowest BCUT2D eigenvalue weighted by Gasteiger charge is -2.39. The Morgan fingerprint density at radius 3 is 1.36 bits per heavy atom. The molecule has 66 heavy (non-hydrogen) atoms. The third-order valence-corrected chi connectivity index (χ3v) is 16.0. The van der Waals surface area contributed by atoms with Crippen molar-refractivity contribution in [2.45, 2.75) is 50.0 Å². The fourth-order valence-electron chi connectivity index (χ4n) is 9.82. The van der Waals surface area contributed by atoms with Gasteiger partial charge in [0.1, 0.15) is 0 Å².